The zero-order chi connectivity index (χ0) is 9.26. The van der Waals surface area contributed by atoms with Crippen LogP contribution in [0.2, 0.25) is 0 Å². The Hall–Kier alpha value is -1.13. The van der Waals surface area contributed by atoms with Gasteiger partial charge in [-0.05, 0) is 12.5 Å². The average molecular weight is 193 g/mol. The molecule has 0 amide bonds. The zero-order valence-electron chi connectivity index (χ0n) is 7.37. The molecule has 0 aromatic carbocycles. The second-order valence-electron chi connectivity index (χ2n) is 2.85. The summed E-state index contributed by atoms with van der Waals surface area (Å²) in [5, 5.41) is 3.14. The summed E-state index contributed by atoms with van der Waals surface area (Å²) in [5.41, 5.74) is 8.85. The molecule has 2 rings (SSSR count). The Balaban J connectivity index is 2.45. The zero-order valence-corrected chi connectivity index (χ0v) is 8.19. The molecule has 0 unspecified atom stereocenters. The first-order chi connectivity index (χ1) is 6.31. The second kappa shape index (κ2) is 3.32. The molecule has 0 aliphatic carbocycles. The number of rotatable bonds is 2. The fraction of sp³-hybridized carbons (Fsp3) is 0.222. The van der Waals surface area contributed by atoms with Gasteiger partial charge < -0.3 is 10.7 Å². The van der Waals surface area contributed by atoms with Crippen molar-refractivity contribution in [3.8, 4) is 11.3 Å². The van der Waals surface area contributed by atoms with Crippen molar-refractivity contribution >= 4 is 11.3 Å². The standard InChI is InChI=1S/C9H11N3S/c1-6-12-9(5-13-6)8-4-11-3-7(8)2-10/h3-5,11H,2,10H2,1H3. The first-order valence-electron chi connectivity index (χ1n) is 4.09. The van der Waals surface area contributed by atoms with Crippen LogP contribution in [0.3, 0.4) is 0 Å². The van der Waals surface area contributed by atoms with E-state index in [-0.39, 0.29) is 0 Å². The van der Waals surface area contributed by atoms with E-state index in [1.807, 2.05) is 19.3 Å². The lowest BCUT2D eigenvalue weighted by Gasteiger charge is -1.95. The number of hydrogen-bond acceptors (Lipinski definition) is 3. The van der Waals surface area contributed by atoms with Crippen LogP contribution in [0.5, 0.6) is 0 Å². The van der Waals surface area contributed by atoms with E-state index >= 15 is 0 Å². The van der Waals surface area contributed by atoms with E-state index in [9.17, 15) is 0 Å². The van der Waals surface area contributed by atoms with Crippen LogP contribution in [-0.2, 0) is 6.54 Å². The van der Waals surface area contributed by atoms with Gasteiger partial charge in [-0.1, -0.05) is 0 Å². The SMILES string of the molecule is Cc1nc(-c2c[nH]cc2CN)cs1. The largest absolute Gasteiger partial charge is 0.367 e. The number of hydrogen-bond donors (Lipinski definition) is 2. The fourth-order valence-corrected chi connectivity index (χ4v) is 1.90. The van der Waals surface area contributed by atoms with E-state index in [4.69, 9.17) is 5.73 Å². The van der Waals surface area contributed by atoms with Crippen molar-refractivity contribution in [1.29, 1.82) is 0 Å². The van der Waals surface area contributed by atoms with Gasteiger partial charge >= 0.3 is 0 Å². The van der Waals surface area contributed by atoms with Crippen molar-refractivity contribution < 1.29 is 0 Å². The lowest BCUT2D eigenvalue weighted by Crippen LogP contribution is -1.95. The van der Waals surface area contributed by atoms with Crippen LogP contribution < -0.4 is 5.73 Å². The number of H-pyrrole nitrogens is 1. The molecule has 0 saturated carbocycles. The molecule has 0 saturated heterocycles. The van der Waals surface area contributed by atoms with Crippen LogP contribution in [0.15, 0.2) is 17.8 Å². The number of aromatic amines is 1. The summed E-state index contributed by atoms with van der Waals surface area (Å²) >= 11 is 1.66. The molecular formula is C9H11N3S. The van der Waals surface area contributed by atoms with Gasteiger partial charge in [-0.25, -0.2) is 4.98 Å². The lowest BCUT2D eigenvalue weighted by atomic mass is 10.1. The number of thiazole rings is 1. The average Bonchev–Trinajstić information content (AvgIpc) is 2.71. The van der Waals surface area contributed by atoms with Crippen LogP contribution >= 0.6 is 11.3 Å². The maximum Gasteiger partial charge on any atom is 0.0901 e. The van der Waals surface area contributed by atoms with Gasteiger partial charge in [0.25, 0.3) is 0 Å². The molecule has 3 nitrogen and oxygen atoms in total. The Bertz CT molecular complexity index is 402. The molecule has 2 aromatic heterocycles. The Morgan fingerprint density at radius 2 is 2.38 bits per heavy atom. The quantitative estimate of drug-likeness (QED) is 0.765. The number of aromatic nitrogens is 2. The van der Waals surface area contributed by atoms with E-state index in [1.165, 1.54) is 0 Å². The summed E-state index contributed by atoms with van der Waals surface area (Å²) < 4.78 is 0. The molecule has 2 heterocycles. The molecule has 0 bridgehead atoms. The lowest BCUT2D eigenvalue weighted by molar-refractivity contribution is 1.07. The minimum Gasteiger partial charge on any atom is -0.367 e. The topological polar surface area (TPSA) is 54.7 Å². The molecule has 0 aliphatic heterocycles. The van der Waals surface area contributed by atoms with Crippen LogP contribution in [-0.4, -0.2) is 9.97 Å². The van der Waals surface area contributed by atoms with Gasteiger partial charge in [0.1, 0.15) is 0 Å². The van der Waals surface area contributed by atoms with Crippen LogP contribution in [0.1, 0.15) is 10.6 Å². The third-order valence-corrected chi connectivity index (χ3v) is 2.72. The maximum atomic E-state index is 5.59. The number of nitrogens with two attached hydrogens (primary N) is 1. The van der Waals surface area contributed by atoms with Crippen molar-refractivity contribution in [2.75, 3.05) is 0 Å². The molecule has 0 fully saturated rings. The van der Waals surface area contributed by atoms with Crippen molar-refractivity contribution in [3.05, 3.63) is 28.3 Å². The van der Waals surface area contributed by atoms with Gasteiger partial charge in [0, 0.05) is 29.9 Å². The summed E-state index contributed by atoms with van der Waals surface area (Å²) in [6.45, 7) is 2.55. The van der Waals surface area contributed by atoms with Gasteiger partial charge in [0.15, 0.2) is 0 Å². The number of nitrogens with zero attached hydrogens (tertiary/aromatic N) is 1. The number of aryl methyl sites for hydroxylation is 1. The van der Waals surface area contributed by atoms with Crippen molar-refractivity contribution in [1.82, 2.24) is 9.97 Å². The summed E-state index contributed by atoms with van der Waals surface area (Å²) in [6, 6.07) is 0. The molecule has 0 spiro atoms. The van der Waals surface area contributed by atoms with E-state index in [1.54, 1.807) is 11.3 Å². The Morgan fingerprint density at radius 3 is 3.00 bits per heavy atom. The highest BCUT2D eigenvalue weighted by Crippen LogP contribution is 2.24. The third-order valence-electron chi connectivity index (χ3n) is 1.95. The summed E-state index contributed by atoms with van der Waals surface area (Å²) in [5.74, 6) is 0. The smallest absolute Gasteiger partial charge is 0.0901 e. The minimum atomic E-state index is 0.551. The molecule has 0 radical (unpaired) electrons. The molecule has 4 heteroatoms. The highest BCUT2D eigenvalue weighted by atomic mass is 32.1. The number of nitrogens with one attached hydrogen (secondary N) is 1. The monoisotopic (exact) mass is 193 g/mol. The molecule has 3 N–H and O–H groups in total. The van der Waals surface area contributed by atoms with Gasteiger partial charge in [-0.15, -0.1) is 11.3 Å². The Labute approximate surface area is 80.6 Å². The Kier molecular flexibility index (Phi) is 2.16. The van der Waals surface area contributed by atoms with Crippen LogP contribution in [0, 0.1) is 6.92 Å². The van der Waals surface area contributed by atoms with Crippen LogP contribution in [0.25, 0.3) is 11.3 Å². The third kappa shape index (κ3) is 1.50. The molecular weight excluding hydrogens is 182 g/mol. The first kappa shape index (κ1) is 8.47. The van der Waals surface area contributed by atoms with E-state index in [0.717, 1.165) is 21.8 Å². The summed E-state index contributed by atoms with van der Waals surface area (Å²) in [6.07, 6.45) is 3.86. The highest BCUT2D eigenvalue weighted by Gasteiger charge is 2.07. The predicted molar refractivity (Wildman–Crippen MR) is 54.5 cm³/mol. The minimum absolute atomic E-state index is 0.551. The highest BCUT2D eigenvalue weighted by molar-refractivity contribution is 7.09. The molecule has 2 aromatic rings. The fourth-order valence-electron chi connectivity index (χ4n) is 1.29. The van der Waals surface area contributed by atoms with E-state index in [0.29, 0.717) is 6.54 Å². The van der Waals surface area contributed by atoms with Crippen molar-refractivity contribution in [3.63, 3.8) is 0 Å². The van der Waals surface area contributed by atoms with Crippen LogP contribution in [0.4, 0.5) is 0 Å². The summed E-state index contributed by atoms with van der Waals surface area (Å²) in [7, 11) is 0. The first-order valence-corrected chi connectivity index (χ1v) is 4.97. The van der Waals surface area contributed by atoms with E-state index in [2.05, 4.69) is 15.3 Å². The van der Waals surface area contributed by atoms with E-state index < -0.39 is 0 Å². The summed E-state index contributed by atoms with van der Waals surface area (Å²) in [4.78, 5) is 7.45. The molecule has 0 aliphatic rings. The van der Waals surface area contributed by atoms with Crippen molar-refractivity contribution in [2.45, 2.75) is 13.5 Å². The van der Waals surface area contributed by atoms with Gasteiger partial charge in [-0.2, -0.15) is 0 Å². The second-order valence-corrected chi connectivity index (χ2v) is 3.91. The predicted octanol–water partition coefficient (Wildman–Crippen LogP) is 1.91. The molecule has 68 valence electrons. The van der Waals surface area contributed by atoms with Gasteiger partial charge in [0.2, 0.25) is 0 Å². The Morgan fingerprint density at radius 1 is 1.54 bits per heavy atom. The molecule has 0 atom stereocenters. The van der Waals surface area contributed by atoms with Gasteiger partial charge in [-0.3, -0.25) is 0 Å². The normalized spacial score (nSPS) is 10.6. The molecule has 13 heavy (non-hydrogen) atoms. The maximum absolute atomic E-state index is 5.59. The van der Waals surface area contributed by atoms with Crippen molar-refractivity contribution in [2.24, 2.45) is 5.73 Å². The van der Waals surface area contributed by atoms with Gasteiger partial charge in [0.05, 0.1) is 10.7 Å².